The predicted molar refractivity (Wildman–Crippen MR) is 139 cm³/mol. The number of benzene rings is 2. The summed E-state index contributed by atoms with van der Waals surface area (Å²) >= 11 is 0. The molecule has 0 bridgehead atoms. The van der Waals surface area contributed by atoms with Crippen molar-refractivity contribution in [2.24, 2.45) is 0 Å². The van der Waals surface area contributed by atoms with Crippen LogP contribution >= 0.6 is 0 Å². The van der Waals surface area contributed by atoms with E-state index in [-0.39, 0.29) is 22.4 Å². The quantitative estimate of drug-likeness (QED) is 0.239. The number of amides is 1. The summed E-state index contributed by atoms with van der Waals surface area (Å²) in [6.07, 6.45) is 4.44. The topological polar surface area (TPSA) is 174 Å². The number of nitrogens with zero attached hydrogens (tertiary/aromatic N) is 3. The van der Waals surface area contributed by atoms with Crippen molar-refractivity contribution in [2.45, 2.75) is 29.8 Å². The van der Waals surface area contributed by atoms with Gasteiger partial charge in [-0.1, -0.05) is 0 Å². The van der Waals surface area contributed by atoms with Crippen LogP contribution in [0.2, 0.25) is 0 Å². The van der Waals surface area contributed by atoms with Gasteiger partial charge in [0, 0.05) is 38.1 Å². The van der Waals surface area contributed by atoms with Crippen molar-refractivity contribution in [3.05, 3.63) is 72.1 Å². The lowest BCUT2D eigenvalue weighted by molar-refractivity contribution is -0.138. The Kier molecular flexibility index (Phi) is 8.74. The number of aromatic nitrogens is 2. The molecule has 1 unspecified atom stereocenters. The Balaban J connectivity index is 1.37. The van der Waals surface area contributed by atoms with Crippen LogP contribution in [0.3, 0.4) is 0 Å². The van der Waals surface area contributed by atoms with Gasteiger partial charge < -0.3 is 25.7 Å². The molecule has 1 aliphatic heterocycles. The van der Waals surface area contributed by atoms with Gasteiger partial charge in [0.25, 0.3) is 5.91 Å². The second kappa shape index (κ2) is 12.2. The van der Waals surface area contributed by atoms with Crippen LogP contribution in [0, 0.1) is 11.6 Å². The molecule has 5 N–H and O–H groups in total. The molecule has 4 rings (SSSR count). The summed E-state index contributed by atoms with van der Waals surface area (Å²) in [6, 6.07) is 6.61. The number of carboxylic acids is 1. The normalized spacial score (nSPS) is 14.9. The number of phenols is 1. The molecule has 0 aliphatic carbocycles. The summed E-state index contributed by atoms with van der Waals surface area (Å²) in [5, 5.41) is 24.1. The maximum Gasteiger partial charge on any atom is 0.323 e. The minimum absolute atomic E-state index is 0.0199. The third-order valence-electron chi connectivity index (χ3n) is 6.25. The Hall–Kier alpha value is -4.37. The molecule has 2 heterocycles. The molecule has 0 spiro atoms. The molecule has 1 aromatic heterocycles. The average molecular weight is 577 g/mol. The number of sulfonamides is 1. The van der Waals surface area contributed by atoms with E-state index in [0.717, 1.165) is 30.3 Å². The average Bonchev–Trinajstić information content (AvgIpc) is 2.93. The van der Waals surface area contributed by atoms with E-state index in [1.54, 1.807) is 23.4 Å². The minimum atomic E-state index is -4.33. The van der Waals surface area contributed by atoms with Crippen LogP contribution in [-0.2, 0) is 14.8 Å². The zero-order valence-corrected chi connectivity index (χ0v) is 21.7. The highest BCUT2D eigenvalue weighted by molar-refractivity contribution is 7.89. The molecule has 1 atom stereocenters. The van der Waals surface area contributed by atoms with E-state index in [0.29, 0.717) is 31.9 Å². The molecule has 1 aliphatic rings. The third kappa shape index (κ3) is 6.79. The Bertz CT molecular complexity index is 1470. The molecule has 40 heavy (non-hydrogen) atoms. The predicted octanol–water partition coefficient (Wildman–Crippen LogP) is 1.70. The molecule has 0 radical (unpaired) electrons. The number of halogens is 2. The molecule has 1 saturated heterocycles. The fourth-order valence-corrected chi connectivity index (χ4v) is 5.32. The lowest BCUT2D eigenvalue weighted by Gasteiger charge is -2.34. The zero-order chi connectivity index (χ0) is 28.9. The molecule has 1 fully saturated rings. The number of anilines is 2. The standard InChI is InChI=1S/C25H26F2N6O6S/c26-21-18(23(35)30-14-19(24(36)37)32-40(38,39)17-4-2-16(34)3-5-17)6-7-20(22(21)27)33-12-8-15(9-13-33)31-25-28-10-1-11-29-25/h1-7,10-11,15,19,32,34H,8-9,12-14H2,(H,30,35)(H,36,37)(H,28,29,31). The summed E-state index contributed by atoms with van der Waals surface area (Å²) in [7, 11) is -4.33. The van der Waals surface area contributed by atoms with Crippen molar-refractivity contribution in [1.29, 1.82) is 0 Å². The van der Waals surface area contributed by atoms with E-state index >= 15 is 0 Å². The van der Waals surface area contributed by atoms with Crippen LogP contribution in [-0.4, -0.2) is 72.2 Å². The highest BCUT2D eigenvalue weighted by atomic mass is 32.2. The molecule has 15 heteroatoms. The molecule has 212 valence electrons. The van der Waals surface area contributed by atoms with Crippen molar-refractivity contribution in [2.75, 3.05) is 29.9 Å². The summed E-state index contributed by atoms with van der Waals surface area (Å²) in [6.45, 7) is 0.0711. The van der Waals surface area contributed by atoms with Crippen LogP contribution < -0.4 is 20.3 Å². The van der Waals surface area contributed by atoms with Gasteiger partial charge in [-0.25, -0.2) is 27.2 Å². The monoisotopic (exact) mass is 576 g/mol. The first-order valence-corrected chi connectivity index (χ1v) is 13.6. The van der Waals surface area contributed by atoms with Crippen LogP contribution in [0.1, 0.15) is 23.2 Å². The number of aromatic hydroxyl groups is 1. The van der Waals surface area contributed by atoms with Gasteiger partial charge in [-0.2, -0.15) is 4.72 Å². The number of nitrogens with one attached hydrogen (secondary N) is 3. The lowest BCUT2D eigenvalue weighted by Crippen LogP contribution is -2.48. The van der Waals surface area contributed by atoms with Crippen LogP contribution in [0.5, 0.6) is 5.75 Å². The fraction of sp³-hybridized carbons (Fsp3) is 0.280. The first-order valence-electron chi connectivity index (χ1n) is 12.1. The highest BCUT2D eigenvalue weighted by Crippen LogP contribution is 2.27. The molecular weight excluding hydrogens is 550 g/mol. The van der Waals surface area contributed by atoms with Crippen molar-refractivity contribution in [1.82, 2.24) is 20.0 Å². The second-order valence-electron chi connectivity index (χ2n) is 8.95. The summed E-state index contributed by atoms with van der Waals surface area (Å²) in [5.41, 5.74) is -0.682. The Morgan fingerprint density at radius 2 is 1.68 bits per heavy atom. The van der Waals surface area contributed by atoms with Gasteiger partial charge in [0.15, 0.2) is 11.6 Å². The smallest absolute Gasteiger partial charge is 0.323 e. The maximum atomic E-state index is 15.0. The third-order valence-corrected chi connectivity index (χ3v) is 7.74. The molecule has 0 saturated carbocycles. The number of hydrogen-bond donors (Lipinski definition) is 5. The minimum Gasteiger partial charge on any atom is -0.508 e. The number of phenolic OH excluding ortho intramolecular Hbond substituents is 1. The van der Waals surface area contributed by atoms with Gasteiger partial charge in [0.1, 0.15) is 11.8 Å². The first-order chi connectivity index (χ1) is 19.0. The summed E-state index contributed by atoms with van der Waals surface area (Å²) in [5.74, 6) is -5.09. The molecule has 2 aromatic carbocycles. The first kappa shape index (κ1) is 28.6. The SMILES string of the molecule is O=C(NCC(NS(=O)(=O)c1ccc(O)cc1)C(=O)O)c1ccc(N2CCC(Nc3ncccn3)CC2)c(F)c1F. The highest BCUT2D eigenvalue weighted by Gasteiger charge is 2.28. The second-order valence-corrected chi connectivity index (χ2v) is 10.7. The molecule has 3 aromatic rings. The van der Waals surface area contributed by atoms with E-state index in [1.165, 1.54) is 6.07 Å². The number of piperidine rings is 1. The zero-order valence-electron chi connectivity index (χ0n) is 20.9. The van der Waals surface area contributed by atoms with Crippen LogP contribution in [0.25, 0.3) is 0 Å². The van der Waals surface area contributed by atoms with Gasteiger partial charge in [-0.05, 0) is 55.3 Å². The van der Waals surface area contributed by atoms with Crippen molar-refractivity contribution >= 4 is 33.5 Å². The Labute approximate surface area is 228 Å². The molecule has 1 amide bonds. The van der Waals surface area contributed by atoms with Gasteiger partial charge >= 0.3 is 5.97 Å². The maximum absolute atomic E-state index is 15.0. The fourth-order valence-electron chi connectivity index (χ4n) is 4.13. The van der Waals surface area contributed by atoms with E-state index in [1.807, 2.05) is 4.72 Å². The Morgan fingerprint density at radius 1 is 1.02 bits per heavy atom. The number of hydrogen-bond acceptors (Lipinski definition) is 9. The van der Waals surface area contributed by atoms with Crippen LogP contribution in [0.15, 0.2) is 59.8 Å². The number of carbonyl (C=O) groups excluding carboxylic acids is 1. The van der Waals surface area contributed by atoms with Crippen LogP contribution in [0.4, 0.5) is 20.4 Å². The van der Waals surface area contributed by atoms with E-state index in [2.05, 4.69) is 20.6 Å². The van der Waals surface area contributed by atoms with E-state index in [9.17, 15) is 37.0 Å². The van der Waals surface area contributed by atoms with Gasteiger partial charge in [0.05, 0.1) is 16.1 Å². The molecular formula is C25H26F2N6O6S. The van der Waals surface area contributed by atoms with E-state index in [4.69, 9.17) is 0 Å². The largest absolute Gasteiger partial charge is 0.508 e. The molecule has 12 nitrogen and oxygen atoms in total. The van der Waals surface area contributed by atoms with Gasteiger partial charge in [-0.15, -0.1) is 0 Å². The number of aliphatic carboxylic acids is 1. The number of carbonyl (C=O) groups is 2. The van der Waals surface area contributed by atoms with Gasteiger partial charge in [-0.3, -0.25) is 9.59 Å². The summed E-state index contributed by atoms with van der Waals surface area (Å²) in [4.78, 5) is 33.7. The van der Waals surface area contributed by atoms with E-state index < -0.39 is 51.7 Å². The Morgan fingerprint density at radius 3 is 2.30 bits per heavy atom. The number of rotatable bonds is 10. The van der Waals surface area contributed by atoms with Crippen molar-refractivity contribution < 1.29 is 37.0 Å². The van der Waals surface area contributed by atoms with Crippen molar-refractivity contribution in [3.8, 4) is 5.75 Å². The van der Waals surface area contributed by atoms with Crippen molar-refractivity contribution in [3.63, 3.8) is 0 Å². The lowest BCUT2D eigenvalue weighted by atomic mass is 10.0. The number of carboxylic acid groups (broad SMARTS) is 1. The van der Waals surface area contributed by atoms with Gasteiger partial charge in [0.2, 0.25) is 16.0 Å². The summed E-state index contributed by atoms with van der Waals surface area (Å²) < 4.78 is 56.8.